The molecule has 24 heavy (non-hydrogen) atoms. The van der Waals surface area contributed by atoms with E-state index in [-0.39, 0.29) is 16.8 Å². The molecule has 2 aromatic rings. The first kappa shape index (κ1) is 18.5. The number of amides is 1. The van der Waals surface area contributed by atoms with Gasteiger partial charge in [0.05, 0.1) is 4.90 Å². The number of hydrogen-bond donors (Lipinski definition) is 1. The molecule has 0 bridgehead atoms. The molecule has 0 fully saturated rings. The van der Waals surface area contributed by atoms with E-state index in [0.717, 1.165) is 17.3 Å². The lowest BCUT2D eigenvalue weighted by Crippen LogP contribution is -2.33. The van der Waals surface area contributed by atoms with Crippen LogP contribution < -0.4 is 5.32 Å². The molecule has 1 N–H and O–H groups in total. The predicted molar refractivity (Wildman–Crippen MR) is 95.7 cm³/mol. The average molecular weight is 351 g/mol. The van der Waals surface area contributed by atoms with E-state index in [1.807, 2.05) is 25.3 Å². The Kier molecular flexibility index (Phi) is 5.35. The Balaban J connectivity index is 2.54. The summed E-state index contributed by atoms with van der Waals surface area (Å²) >= 11 is 0. The van der Waals surface area contributed by atoms with Gasteiger partial charge in [-0.1, -0.05) is 6.92 Å². The van der Waals surface area contributed by atoms with Gasteiger partial charge in [0.25, 0.3) is 5.91 Å². The molecule has 0 spiro atoms. The van der Waals surface area contributed by atoms with Crippen molar-refractivity contribution in [2.75, 3.05) is 14.1 Å². The van der Waals surface area contributed by atoms with Crippen molar-refractivity contribution in [3.8, 4) is 0 Å². The molecule has 0 saturated heterocycles. The van der Waals surface area contributed by atoms with Crippen LogP contribution in [0.2, 0.25) is 0 Å². The van der Waals surface area contributed by atoms with Crippen LogP contribution in [-0.4, -0.2) is 43.3 Å². The third-order valence-corrected chi connectivity index (χ3v) is 6.00. The fourth-order valence-corrected chi connectivity index (χ4v) is 3.49. The van der Waals surface area contributed by atoms with Crippen LogP contribution in [0.4, 0.5) is 0 Å². The largest absolute Gasteiger partial charge is 0.348 e. The molecule has 1 heterocycles. The minimum absolute atomic E-state index is 0.0884. The van der Waals surface area contributed by atoms with Gasteiger partial charge in [0.1, 0.15) is 5.69 Å². The number of carbonyl (C=O) groups is 1. The normalized spacial score (nSPS) is 13.4. The Hall–Kier alpha value is -1.86. The molecule has 1 amide bonds. The summed E-state index contributed by atoms with van der Waals surface area (Å²) < 4.78 is 27.7. The van der Waals surface area contributed by atoms with E-state index in [2.05, 4.69) is 5.32 Å². The predicted octanol–water partition coefficient (Wildman–Crippen LogP) is 2.44. The maximum atomic E-state index is 12.5. The number of benzene rings is 1. The molecule has 0 radical (unpaired) electrons. The highest BCUT2D eigenvalue weighted by atomic mass is 32.2. The highest BCUT2D eigenvalue weighted by molar-refractivity contribution is 7.89. The first-order chi connectivity index (χ1) is 11.2. The smallest absolute Gasteiger partial charge is 0.268 e. The van der Waals surface area contributed by atoms with Crippen LogP contribution >= 0.6 is 0 Å². The van der Waals surface area contributed by atoms with E-state index in [4.69, 9.17) is 0 Å². The molecule has 2 rings (SSSR count). The minimum atomic E-state index is -3.50. The van der Waals surface area contributed by atoms with Crippen LogP contribution in [0, 0.1) is 0 Å². The van der Waals surface area contributed by atoms with Crippen molar-refractivity contribution in [2.45, 2.75) is 44.7 Å². The summed E-state index contributed by atoms with van der Waals surface area (Å²) in [4.78, 5) is 12.7. The zero-order chi connectivity index (χ0) is 18.1. The van der Waals surface area contributed by atoms with Gasteiger partial charge in [0.15, 0.2) is 0 Å². The summed E-state index contributed by atoms with van der Waals surface area (Å²) in [6, 6.07) is 6.81. The highest BCUT2D eigenvalue weighted by Crippen LogP contribution is 2.24. The monoisotopic (exact) mass is 351 g/mol. The van der Waals surface area contributed by atoms with Gasteiger partial charge in [-0.2, -0.15) is 0 Å². The number of hydrogen-bond acceptors (Lipinski definition) is 3. The molecule has 6 nitrogen and oxygen atoms in total. The van der Waals surface area contributed by atoms with Gasteiger partial charge in [0, 0.05) is 37.6 Å². The van der Waals surface area contributed by atoms with Crippen molar-refractivity contribution < 1.29 is 13.2 Å². The van der Waals surface area contributed by atoms with E-state index >= 15 is 0 Å². The summed E-state index contributed by atoms with van der Waals surface area (Å²) in [5, 5.41) is 3.70. The Morgan fingerprint density at radius 3 is 2.46 bits per heavy atom. The zero-order valence-corrected chi connectivity index (χ0v) is 15.6. The second kappa shape index (κ2) is 6.94. The number of nitrogens with zero attached hydrogens (tertiary/aromatic N) is 2. The Morgan fingerprint density at radius 2 is 1.92 bits per heavy atom. The molecule has 132 valence electrons. The second-order valence-corrected chi connectivity index (χ2v) is 8.22. The minimum Gasteiger partial charge on any atom is -0.348 e. The summed E-state index contributed by atoms with van der Waals surface area (Å²) in [6.07, 6.45) is 0.851. The molecule has 1 aromatic heterocycles. The molecule has 0 aliphatic rings. The number of rotatable bonds is 6. The quantitative estimate of drug-likeness (QED) is 0.869. The number of aromatic nitrogens is 1. The van der Waals surface area contributed by atoms with Gasteiger partial charge >= 0.3 is 0 Å². The van der Waals surface area contributed by atoms with Crippen molar-refractivity contribution in [1.29, 1.82) is 0 Å². The van der Waals surface area contributed by atoms with Crippen LogP contribution in [0.1, 0.15) is 37.7 Å². The zero-order valence-electron chi connectivity index (χ0n) is 14.8. The number of fused-ring (bicyclic) bond motifs is 1. The lowest BCUT2D eigenvalue weighted by molar-refractivity contribution is 0.0930. The first-order valence-electron chi connectivity index (χ1n) is 8.09. The molecular weight excluding hydrogens is 326 g/mol. The topological polar surface area (TPSA) is 71.4 Å². The summed E-state index contributed by atoms with van der Waals surface area (Å²) in [5.41, 5.74) is 1.40. The van der Waals surface area contributed by atoms with Crippen molar-refractivity contribution in [2.24, 2.45) is 0 Å². The van der Waals surface area contributed by atoms with E-state index in [0.29, 0.717) is 12.2 Å². The van der Waals surface area contributed by atoms with Crippen molar-refractivity contribution in [1.82, 2.24) is 14.2 Å². The lowest BCUT2D eigenvalue weighted by atomic mass is 10.2. The fourth-order valence-electron chi connectivity index (χ4n) is 2.55. The van der Waals surface area contributed by atoms with Crippen molar-refractivity contribution >= 4 is 26.8 Å². The molecular formula is C17H25N3O3S. The highest BCUT2D eigenvalue weighted by Gasteiger charge is 2.20. The van der Waals surface area contributed by atoms with Crippen molar-refractivity contribution in [3.05, 3.63) is 30.0 Å². The first-order valence-corrected chi connectivity index (χ1v) is 9.53. The Morgan fingerprint density at radius 1 is 1.25 bits per heavy atom. The van der Waals surface area contributed by atoms with Gasteiger partial charge in [-0.15, -0.1) is 0 Å². The summed E-state index contributed by atoms with van der Waals surface area (Å²) in [5.74, 6) is -0.139. The van der Waals surface area contributed by atoms with E-state index in [1.54, 1.807) is 24.3 Å². The van der Waals surface area contributed by atoms with Gasteiger partial charge in [0.2, 0.25) is 10.0 Å². The third kappa shape index (κ3) is 3.32. The van der Waals surface area contributed by atoms with Crippen LogP contribution in [0.15, 0.2) is 29.2 Å². The summed E-state index contributed by atoms with van der Waals surface area (Å²) in [7, 11) is -0.495. The Labute approximate surface area is 143 Å². The van der Waals surface area contributed by atoms with E-state index < -0.39 is 10.0 Å². The number of carbonyl (C=O) groups excluding carboxylic acids is 1. The van der Waals surface area contributed by atoms with Crippen LogP contribution in [0.3, 0.4) is 0 Å². The summed E-state index contributed by atoms with van der Waals surface area (Å²) in [6.45, 7) is 6.56. The molecule has 0 aliphatic heterocycles. The number of aryl methyl sites for hydroxylation is 1. The molecule has 0 saturated carbocycles. The fraction of sp³-hybridized carbons (Fsp3) is 0.471. The van der Waals surface area contributed by atoms with E-state index in [1.165, 1.54) is 18.4 Å². The van der Waals surface area contributed by atoms with Gasteiger partial charge < -0.3 is 9.88 Å². The maximum absolute atomic E-state index is 12.5. The Bertz CT molecular complexity index is 853. The maximum Gasteiger partial charge on any atom is 0.268 e. The van der Waals surface area contributed by atoms with Crippen LogP contribution in [0.5, 0.6) is 0 Å². The molecule has 0 unspecified atom stereocenters. The van der Waals surface area contributed by atoms with E-state index in [9.17, 15) is 13.2 Å². The SMILES string of the molecule is CC[C@H](C)NC(=O)c1cc2cc(S(=O)(=O)N(C)C)ccc2n1CC. The standard InChI is InChI=1S/C17H25N3O3S/c1-6-12(3)18-17(21)16-11-13-10-14(24(22,23)19(4)5)8-9-15(13)20(16)7-2/h8-12H,6-7H2,1-5H3,(H,18,21)/t12-/m0/s1. The van der Waals surface area contributed by atoms with Gasteiger partial charge in [-0.05, 0) is 44.5 Å². The third-order valence-electron chi connectivity index (χ3n) is 4.19. The molecule has 7 heteroatoms. The van der Waals surface area contributed by atoms with Crippen molar-refractivity contribution in [3.63, 3.8) is 0 Å². The van der Waals surface area contributed by atoms with Gasteiger partial charge in [-0.25, -0.2) is 12.7 Å². The molecule has 1 atom stereocenters. The second-order valence-electron chi connectivity index (χ2n) is 6.06. The average Bonchev–Trinajstić information content (AvgIpc) is 2.92. The lowest BCUT2D eigenvalue weighted by Gasteiger charge is -2.13. The molecule has 1 aromatic carbocycles. The van der Waals surface area contributed by atoms with Gasteiger partial charge in [-0.3, -0.25) is 4.79 Å². The van der Waals surface area contributed by atoms with Crippen LogP contribution in [0.25, 0.3) is 10.9 Å². The number of nitrogens with one attached hydrogen (secondary N) is 1. The molecule has 0 aliphatic carbocycles. The van der Waals surface area contributed by atoms with Crippen LogP contribution in [-0.2, 0) is 16.6 Å². The number of sulfonamides is 1.